The van der Waals surface area contributed by atoms with Crippen LogP contribution in [0.1, 0.15) is 26.7 Å². The van der Waals surface area contributed by atoms with Crippen LogP contribution in [0, 0.1) is 5.41 Å². The van der Waals surface area contributed by atoms with Gasteiger partial charge >= 0.3 is 0 Å². The molecule has 0 aromatic rings. The first-order valence-electron chi connectivity index (χ1n) is 5.66. The van der Waals surface area contributed by atoms with E-state index in [0.717, 1.165) is 19.6 Å². The van der Waals surface area contributed by atoms with Gasteiger partial charge in [-0.05, 0) is 24.8 Å². The molecule has 82 valence electrons. The van der Waals surface area contributed by atoms with E-state index in [1.54, 1.807) is 0 Å². The van der Waals surface area contributed by atoms with Gasteiger partial charge in [-0.25, -0.2) is 0 Å². The average molecular weight is 198 g/mol. The Kier molecular flexibility index (Phi) is 2.82. The molecular weight excluding hydrogens is 176 g/mol. The van der Waals surface area contributed by atoms with Gasteiger partial charge in [0.05, 0.1) is 6.61 Å². The lowest BCUT2D eigenvalue weighted by atomic mass is 9.93. The van der Waals surface area contributed by atoms with Gasteiger partial charge in [0.25, 0.3) is 0 Å². The van der Waals surface area contributed by atoms with Crippen molar-refractivity contribution in [2.75, 3.05) is 26.3 Å². The molecule has 0 radical (unpaired) electrons. The lowest BCUT2D eigenvalue weighted by Crippen LogP contribution is -2.53. The summed E-state index contributed by atoms with van der Waals surface area (Å²) < 4.78 is 5.51. The molecule has 2 aliphatic heterocycles. The Morgan fingerprint density at radius 1 is 1.43 bits per heavy atom. The van der Waals surface area contributed by atoms with E-state index in [1.165, 1.54) is 19.5 Å². The first kappa shape index (κ1) is 10.4. The highest BCUT2D eigenvalue weighted by Gasteiger charge is 2.36. The molecular formula is C11H22N2O. The van der Waals surface area contributed by atoms with Gasteiger partial charge in [-0.1, -0.05) is 13.8 Å². The standard InChI is InChI=1S/C11H22N2O/c1-11(2)4-5-13(8-11)10-7-14-6-3-9(10)12/h9-10H,3-8,12H2,1-2H3. The van der Waals surface area contributed by atoms with E-state index in [9.17, 15) is 0 Å². The van der Waals surface area contributed by atoms with Crippen LogP contribution < -0.4 is 5.73 Å². The van der Waals surface area contributed by atoms with Gasteiger partial charge in [-0.2, -0.15) is 0 Å². The molecule has 0 spiro atoms. The number of ether oxygens (including phenoxy) is 1. The van der Waals surface area contributed by atoms with Crippen LogP contribution in [0.25, 0.3) is 0 Å². The molecule has 0 amide bonds. The van der Waals surface area contributed by atoms with Crippen LogP contribution in [0.2, 0.25) is 0 Å². The molecule has 3 heteroatoms. The van der Waals surface area contributed by atoms with Crippen molar-refractivity contribution in [1.82, 2.24) is 4.90 Å². The lowest BCUT2D eigenvalue weighted by molar-refractivity contribution is 0.0115. The number of nitrogens with two attached hydrogens (primary N) is 1. The lowest BCUT2D eigenvalue weighted by Gasteiger charge is -2.36. The molecule has 2 heterocycles. The van der Waals surface area contributed by atoms with Crippen molar-refractivity contribution in [3.8, 4) is 0 Å². The Bertz CT molecular complexity index is 205. The fourth-order valence-corrected chi connectivity index (χ4v) is 2.55. The van der Waals surface area contributed by atoms with Crippen LogP contribution in [0.4, 0.5) is 0 Å². The third-order valence-electron chi connectivity index (χ3n) is 3.55. The number of hydrogen-bond acceptors (Lipinski definition) is 3. The van der Waals surface area contributed by atoms with Gasteiger partial charge in [-0.3, -0.25) is 4.90 Å². The smallest absolute Gasteiger partial charge is 0.0636 e. The minimum Gasteiger partial charge on any atom is -0.380 e. The first-order chi connectivity index (χ1) is 6.58. The predicted molar refractivity (Wildman–Crippen MR) is 57.2 cm³/mol. The summed E-state index contributed by atoms with van der Waals surface area (Å²) in [4.78, 5) is 2.52. The summed E-state index contributed by atoms with van der Waals surface area (Å²) in [6.07, 6.45) is 2.30. The van der Waals surface area contributed by atoms with Crippen molar-refractivity contribution in [3.05, 3.63) is 0 Å². The molecule has 3 nitrogen and oxygen atoms in total. The van der Waals surface area contributed by atoms with Gasteiger partial charge in [0, 0.05) is 25.2 Å². The van der Waals surface area contributed by atoms with Crippen LogP contribution in [0.15, 0.2) is 0 Å². The fraction of sp³-hybridized carbons (Fsp3) is 1.00. The van der Waals surface area contributed by atoms with E-state index >= 15 is 0 Å². The summed E-state index contributed by atoms with van der Waals surface area (Å²) >= 11 is 0. The van der Waals surface area contributed by atoms with Crippen molar-refractivity contribution < 1.29 is 4.74 Å². The molecule has 2 rings (SSSR count). The molecule has 14 heavy (non-hydrogen) atoms. The van der Waals surface area contributed by atoms with Crippen LogP contribution >= 0.6 is 0 Å². The van der Waals surface area contributed by atoms with Crippen LogP contribution in [-0.2, 0) is 4.74 Å². The summed E-state index contributed by atoms with van der Waals surface area (Å²) in [5.41, 5.74) is 6.60. The fourth-order valence-electron chi connectivity index (χ4n) is 2.55. The molecule has 0 aromatic carbocycles. The summed E-state index contributed by atoms with van der Waals surface area (Å²) in [5.74, 6) is 0. The van der Waals surface area contributed by atoms with Gasteiger partial charge in [0.1, 0.15) is 0 Å². The topological polar surface area (TPSA) is 38.5 Å². The molecule has 2 aliphatic rings. The number of likely N-dealkylation sites (tertiary alicyclic amines) is 1. The maximum Gasteiger partial charge on any atom is 0.0636 e. The maximum absolute atomic E-state index is 6.13. The van der Waals surface area contributed by atoms with E-state index in [0.29, 0.717) is 17.5 Å². The minimum atomic E-state index is 0.317. The Morgan fingerprint density at radius 2 is 2.21 bits per heavy atom. The molecule has 2 N–H and O–H groups in total. The Balaban J connectivity index is 1.95. The number of rotatable bonds is 1. The van der Waals surface area contributed by atoms with E-state index in [4.69, 9.17) is 10.5 Å². The Morgan fingerprint density at radius 3 is 2.79 bits per heavy atom. The molecule has 2 unspecified atom stereocenters. The van der Waals surface area contributed by atoms with Crippen molar-refractivity contribution >= 4 is 0 Å². The van der Waals surface area contributed by atoms with Gasteiger partial charge < -0.3 is 10.5 Å². The monoisotopic (exact) mass is 198 g/mol. The molecule has 0 saturated carbocycles. The van der Waals surface area contributed by atoms with E-state index in [2.05, 4.69) is 18.7 Å². The number of hydrogen-bond donors (Lipinski definition) is 1. The van der Waals surface area contributed by atoms with Crippen LogP contribution in [0.3, 0.4) is 0 Å². The first-order valence-corrected chi connectivity index (χ1v) is 5.66. The van der Waals surface area contributed by atoms with Gasteiger partial charge in [0.15, 0.2) is 0 Å². The predicted octanol–water partition coefficient (Wildman–Crippen LogP) is 0.835. The molecule has 2 fully saturated rings. The Labute approximate surface area is 86.6 Å². The van der Waals surface area contributed by atoms with Crippen LogP contribution in [0.5, 0.6) is 0 Å². The maximum atomic E-state index is 6.13. The third kappa shape index (κ3) is 2.10. The quantitative estimate of drug-likeness (QED) is 0.678. The number of nitrogens with zero attached hydrogens (tertiary/aromatic N) is 1. The largest absolute Gasteiger partial charge is 0.380 e. The average Bonchev–Trinajstić information content (AvgIpc) is 2.47. The molecule has 0 bridgehead atoms. The second-order valence-corrected chi connectivity index (χ2v) is 5.48. The second kappa shape index (κ2) is 3.80. The van der Waals surface area contributed by atoms with E-state index in [-0.39, 0.29) is 0 Å². The van der Waals surface area contributed by atoms with E-state index < -0.39 is 0 Å². The molecule has 2 atom stereocenters. The third-order valence-corrected chi connectivity index (χ3v) is 3.55. The minimum absolute atomic E-state index is 0.317. The summed E-state index contributed by atoms with van der Waals surface area (Å²) in [6.45, 7) is 8.71. The van der Waals surface area contributed by atoms with Crippen molar-refractivity contribution in [1.29, 1.82) is 0 Å². The van der Waals surface area contributed by atoms with Crippen molar-refractivity contribution in [2.24, 2.45) is 11.1 Å². The van der Waals surface area contributed by atoms with Gasteiger partial charge in [-0.15, -0.1) is 0 Å². The zero-order chi connectivity index (χ0) is 10.2. The van der Waals surface area contributed by atoms with Crippen molar-refractivity contribution in [2.45, 2.75) is 38.8 Å². The summed E-state index contributed by atoms with van der Waals surface area (Å²) in [6, 6.07) is 0.781. The highest BCUT2D eigenvalue weighted by atomic mass is 16.5. The SMILES string of the molecule is CC1(C)CCN(C2COCCC2N)C1. The zero-order valence-electron chi connectivity index (χ0n) is 9.33. The van der Waals surface area contributed by atoms with E-state index in [1.807, 2.05) is 0 Å². The highest BCUT2D eigenvalue weighted by molar-refractivity contribution is 4.92. The van der Waals surface area contributed by atoms with Crippen LogP contribution in [-0.4, -0.2) is 43.3 Å². The molecule has 0 aromatic heterocycles. The normalized spacial score (nSPS) is 38.8. The van der Waals surface area contributed by atoms with Gasteiger partial charge in [0.2, 0.25) is 0 Å². The summed E-state index contributed by atoms with van der Waals surface area (Å²) in [7, 11) is 0. The summed E-state index contributed by atoms with van der Waals surface area (Å²) in [5, 5.41) is 0. The molecule has 2 saturated heterocycles. The zero-order valence-corrected chi connectivity index (χ0v) is 9.33. The Hall–Kier alpha value is -0.120. The van der Waals surface area contributed by atoms with Crippen molar-refractivity contribution in [3.63, 3.8) is 0 Å². The second-order valence-electron chi connectivity index (χ2n) is 5.48. The highest BCUT2D eigenvalue weighted by Crippen LogP contribution is 2.31. The molecule has 0 aliphatic carbocycles.